The Bertz CT molecular complexity index is 439. The van der Waals surface area contributed by atoms with Crippen LogP contribution in [0.15, 0.2) is 18.2 Å². The molecule has 0 aliphatic carbocycles. The van der Waals surface area contributed by atoms with E-state index < -0.39 is 6.10 Å². The molecule has 124 valence electrons. The van der Waals surface area contributed by atoms with Crippen LogP contribution in [0.2, 0.25) is 0 Å². The molecule has 2 N–H and O–H groups in total. The normalized spacial score (nSPS) is 18.4. The van der Waals surface area contributed by atoms with Gasteiger partial charge in [0.1, 0.15) is 18.5 Å². The van der Waals surface area contributed by atoms with Gasteiger partial charge in [0.15, 0.2) is 0 Å². The number of hydrogen-bond acceptors (Lipinski definition) is 5. The van der Waals surface area contributed by atoms with Crippen molar-refractivity contribution in [3.8, 4) is 5.75 Å². The summed E-state index contributed by atoms with van der Waals surface area (Å²) in [6.45, 7) is 9.76. The Hall–Kier alpha value is -1.14. The molecule has 2 rings (SSSR count). The van der Waals surface area contributed by atoms with Crippen LogP contribution in [-0.4, -0.2) is 78.6 Å². The average molecular weight is 308 g/mol. The number of rotatable bonds is 7. The minimum Gasteiger partial charge on any atom is -0.491 e. The van der Waals surface area contributed by atoms with Crippen LogP contribution in [0.5, 0.6) is 5.75 Å². The largest absolute Gasteiger partial charge is 0.491 e. The van der Waals surface area contributed by atoms with Gasteiger partial charge in [0.25, 0.3) is 0 Å². The molecule has 0 spiro atoms. The fourth-order valence-corrected chi connectivity index (χ4v) is 2.90. The van der Waals surface area contributed by atoms with E-state index in [0.717, 1.165) is 38.5 Å². The lowest BCUT2D eigenvalue weighted by molar-refractivity contribution is 0.0428. The van der Waals surface area contributed by atoms with E-state index in [1.54, 1.807) is 0 Å². The number of nitrogens with zero attached hydrogens (tertiary/aromatic N) is 2. The standard InChI is InChI=1S/C17H28N2O3/c1-14-9-15(2)11-17(10-14)22-13-16(21)12-19-5-3-18(4-6-19)7-8-20/h9-11,16,20-21H,3-8,12-13H2,1-2H3. The molecular weight excluding hydrogens is 280 g/mol. The Morgan fingerprint density at radius 2 is 1.64 bits per heavy atom. The molecule has 1 fully saturated rings. The Kier molecular flexibility index (Phi) is 6.64. The highest BCUT2D eigenvalue weighted by Crippen LogP contribution is 2.16. The maximum Gasteiger partial charge on any atom is 0.119 e. The van der Waals surface area contributed by atoms with E-state index in [1.807, 2.05) is 26.0 Å². The number of aryl methyl sites for hydroxylation is 2. The fourth-order valence-electron chi connectivity index (χ4n) is 2.90. The smallest absolute Gasteiger partial charge is 0.119 e. The van der Waals surface area contributed by atoms with Gasteiger partial charge >= 0.3 is 0 Å². The van der Waals surface area contributed by atoms with Crippen LogP contribution < -0.4 is 4.74 Å². The minimum absolute atomic E-state index is 0.215. The summed E-state index contributed by atoms with van der Waals surface area (Å²) in [5.74, 6) is 0.823. The molecule has 0 saturated carbocycles. The summed E-state index contributed by atoms with van der Waals surface area (Å²) in [4.78, 5) is 4.50. The van der Waals surface area contributed by atoms with Crippen LogP contribution in [0.3, 0.4) is 0 Å². The topological polar surface area (TPSA) is 56.2 Å². The molecule has 5 nitrogen and oxygen atoms in total. The highest BCUT2D eigenvalue weighted by molar-refractivity contribution is 5.32. The first-order chi connectivity index (χ1) is 10.6. The summed E-state index contributed by atoms with van der Waals surface area (Å²) in [5, 5.41) is 19.1. The lowest BCUT2D eigenvalue weighted by Crippen LogP contribution is -2.49. The Morgan fingerprint density at radius 3 is 2.23 bits per heavy atom. The van der Waals surface area contributed by atoms with Crippen molar-refractivity contribution in [2.24, 2.45) is 0 Å². The lowest BCUT2D eigenvalue weighted by atomic mass is 10.1. The molecule has 1 aliphatic heterocycles. The number of ether oxygens (including phenoxy) is 1. The van der Waals surface area contributed by atoms with Gasteiger partial charge in [-0.3, -0.25) is 9.80 Å². The second-order valence-corrected chi connectivity index (χ2v) is 6.15. The number of benzene rings is 1. The quantitative estimate of drug-likeness (QED) is 0.775. The molecule has 5 heteroatoms. The van der Waals surface area contributed by atoms with Gasteiger partial charge in [0, 0.05) is 39.3 Å². The Balaban J connectivity index is 1.71. The molecule has 0 aromatic heterocycles. The van der Waals surface area contributed by atoms with E-state index in [0.29, 0.717) is 13.2 Å². The highest BCUT2D eigenvalue weighted by Gasteiger charge is 2.19. The van der Waals surface area contributed by atoms with Crippen LogP contribution >= 0.6 is 0 Å². The fraction of sp³-hybridized carbons (Fsp3) is 0.647. The van der Waals surface area contributed by atoms with Crippen molar-refractivity contribution in [1.82, 2.24) is 9.80 Å². The van der Waals surface area contributed by atoms with Crippen molar-refractivity contribution in [2.45, 2.75) is 20.0 Å². The third-order valence-corrected chi connectivity index (χ3v) is 3.99. The van der Waals surface area contributed by atoms with E-state index in [4.69, 9.17) is 9.84 Å². The van der Waals surface area contributed by atoms with E-state index in [1.165, 1.54) is 11.1 Å². The summed E-state index contributed by atoms with van der Waals surface area (Å²) in [5.41, 5.74) is 2.34. The van der Waals surface area contributed by atoms with Crippen molar-refractivity contribution in [3.63, 3.8) is 0 Å². The van der Waals surface area contributed by atoms with Gasteiger partial charge in [0.2, 0.25) is 0 Å². The van der Waals surface area contributed by atoms with E-state index in [9.17, 15) is 5.11 Å². The van der Waals surface area contributed by atoms with Gasteiger partial charge < -0.3 is 14.9 Å². The van der Waals surface area contributed by atoms with E-state index in [-0.39, 0.29) is 6.61 Å². The van der Waals surface area contributed by atoms with Crippen LogP contribution in [0.4, 0.5) is 0 Å². The number of piperazine rings is 1. The van der Waals surface area contributed by atoms with Crippen LogP contribution in [0.1, 0.15) is 11.1 Å². The van der Waals surface area contributed by atoms with Crippen molar-refractivity contribution >= 4 is 0 Å². The third-order valence-electron chi connectivity index (χ3n) is 3.99. The maximum absolute atomic E-state index is 10.2. The van der Waals surface area contributed by atoms with Gasteiger partial charge in [0.05, 0.1) is 6.61 Å². The van der Waals surface area contributed by atoms with Gasteiger partial charge in [-0.15, -0.1) is 0 Å². The maximum atomic E-state index is 10.2. The molecule has 22 heavy (non-hydrogen) atoms. The first-order valence-electron chi connectivity index (χ1n) is 8.01. The number of hydrogen-bond donors (Lipinski definition) is 2. The molecule has 0 amide bonds. The predicted molar refractivity (Wildman–Crippen MR) is 87.4 cm³/mol. The second kappa shape index (κ2) is 8.48. The molecule has 1 atom stereocenters. The zero-order valence-electron chi connectivity index (χ0n) is 13.7. The van der Waals surface area contributed by atoms with Crippen LogP contribution in [0.25, 0.3) is 0 Å². The summed E-state index contributed by atoms with van der Waals surface area (Å²) in [6.07, 6.45) is -0.481. The molecule has 1 saturated heterocycles. The van der Waals surface area contributed by atoms with Crippen molar-refractivity contribution in [3.05, 3.63) is 29.3 Å². The minimum atomic E-state index is -0.481. The molecule has 1 aromatic carbocycles. The van der Waals surface area contributed by atoms with Crippen molar-refractivity contribution < 1.29 is 14.9 Å². The third kappa shape index (κ3) is 5.57. The molecule has 1 heterocycles. The summed E-state index contributed by atoms with van der Waals surface area (Å²) in [7, 11) is 0. The zero-order valence-corrected chi connectivity index (χ0v) is 13.7. The van der Waals surface area contributed by atoms with E-state index >= 15 is 0 Å². The first kappa shape index (κ1) is 17.2. The molecular formula is C17H28N2O3. The van der Waals surface area contributed by atoms with Crippen LogP contribution in [-0.2, 0) is 0 Å². The lowest BCUT2D eigenvalue weighted by Gasteiger charge is -2.35. The number of aliphatic hydroxyl groups excluding tert-OH is 2. The molecule has 0 radical (unpaired) electrons. The summed E-state index contributed by atoms with van der Waals surface area (Å²) in [6, 6.07) is 6.09. The predicted octanol–water partition coefficient (Wildman–Crippen LogP) is 0.653. The molecule has 1 aromatic rings. The van der Waals surface area contributed by atoms with Gasteiger partial charge in [-0.1, -0.05) is 6.07 Å². The second-order valence-electron chi connectivity index (χ2n) is 6.15. The molecule has 1 unspecified atom stereocenters. The van der Waals surface area contributed by atoms with Gasteiger partial charge in [-0.05, 0) is 37.1 Å². The number of aliphatic hydroxyl groups is 2. The van der Waals surface area contributed by atoms with Gasteiger partial charge in [-0.2, -0.15) is 0 Å². The monoisotopic (exact) mass is 308 g/mol. The molecule has 1 aliphatic rings. The van der Waals surface area contributed by atoms with Crippen molar-refractivity contribution in [1.29, 1.82) is 0 Å². The Labute approximate surface area is 133 Å². The molecule has 0 bridgehead atoms. The highest BCUT2D eigenvalue weighted by atomic mass is 16.5. The summed E-state index contributed by atoms with van der Waals surface area (Å²) < 4.78 is 5.71. The zero-order chi connectivity index (χ0) is 15.9. The van der Waals surface area contributed by atoms with Crippen molar-refractivity contribution in [2.75, 3.05) is 52.5 Å². The SMILES string of the molecule is Cc1cc(C)cc(OCC(O)CN2CCN(CCO)CC2)c1. The van der Waals surface area contributed by atoms with E-state index in [2.05, 4.69) is 15.9 Å². The average Bonchev–Trinajstić information content (AvgIpc) is 2.47. The summed E-state index contributed by atoms with van der Waals surface area (Å²) >= 11 is 0. The number of β-amino-alcohol motifs (C(OH)–C–C–N with tert-alkyl or cyclic N) is 2. The van der Waals surface area contributed by atoms with Gasteiger partial charge in [-0.25, -0.2) is 0 Å². The van der Waals surface area contributed by atoms with Crippen LogP contribution in [0, 0.1) is 13.8 Å². The first-order valence-corrected chi connectivity index (χ1v) is 8.01. The Morgan fingerprint density at radius 1 is 1.05 bits per heavy atom.